The van der Waals surface area contributed by atoms with Crippen LogP contribution in [0.4, 0.5) is 5.69 Å². The van der Waals surface area contributed by atoms with Gasteiger partial charge in [0.25, 0.3) is 0 Å². The summed E-state index contributed by atoms with van der Waals surface area (Å²) in [5.74, 6) is -1.21. The number of carboxylic acids is 1. The van der Waals surface area contributed by atoms with E-state index in [-0.39, 0.29) is 0 Å². The molecule has 0 fully saturated rings. The summed E-state index contributed by atoms with van der Waals surface area (Å²) in [5.41, 5.74) is 2.42. The van der Waals surface area contributed by atoms with Crippen LogP contribution in [0.1, 0.15) is 11.1 Å². The van der Waals surface area contributed by atoms with Crippen molar-refractivity contribution in [2.24, 2.45) is 0 Å². The van der Waals surface area contributed by atoms with Crippen molar-refractivity contribution in [1.29, 1.82) is 0 Å². The van der Waals surface area contributed by atoms with Gasteiger partial charge in [-0.2, -0.15) is 12.7 Å². The zero-order valence-corrected chi connectivity index (χ0v) is 11.3. The Bertz CT molecular complexity index is 554. The molecule has 2 N–H and O–H groups in total. The first-order valence-corrected chi connectivity index (χ1v) is 6.69. The molecule has 100 valence electrons. The van der Waals surface area contributed by atoms with E-state index in [0.29, 0.717) is 5.69 Å². The molecule has 1 rings (SSSR count). The molecule has 0 aliphatic rings. The molecule has 0 saturated carbocycles. The highest BCUT2D eigenvalue weighted by atomic mass is 32.2. The monoisotopic (exact) mass is 272 g/mol. The van der Waals surface area contributed by atoms with E-state index in [9.17, 15) is 13.2 Å². The molecule has 1 aromatic rings. The molecular weight excluding hydrogens is 256 g/mol. The lowest BCUT2D eigenvalue weighted by atomic mass is 10.1. The van der Waals surface area contributed by atoms with Crippen LogP contribution in [0.5, 0.6) is 0 Å². The minimum Gasteiger partial charge on any atom is -0.480 e. The first kappa shape index (κ1) is 14.5. The lowest BCUT2D eigenvalue weighted by molar-refractivity contribution is -0.137. The van der Waals surface area contributed by atoms with Gasteiger partial charge in [-0.15, -0.1) is 0 Å². The van der Waals surface area contributed by atoms with Gasteiger partial charge in [0.2, 0.25) is 0 Å². The van der Waals surface area contributed by atoms with Crippen molar-refractivity contribution >= 4 is 21.9 Å². The average molecular weight is 272 g/mol. The van der Waals surface area contributed by atoms with Gasteiger partial charge >= 0.3 is 16.2 Å². The van der Waals surface area contributed by atoms with Gasteiger partial charge in [-0.1, -0.05) is 6.07 Å². The van der Waals surface area contributed by atoms with Crippen LogP contribution in [0.3, 0.4) is 0 Å². The maximum atomic E-state index is 11.8. The molecule has 0 aromatic heterocycles. The third-order valence-electron chi connectivity index (χ3n) is 2.52. The largest absolute Gasteiger partial charge is 0.480 e. The molecule has 18 heavy (non-hydrogen) atoms. The summed E-state index contributed by atoms with van der Waals surface area (Å²) in [7, 11) is -2.63. The minimum absolute atomic E-state index is 0.412. The number of aliphatic carboxylic acids is 1. The SMILES string of the molecule is Cc1ccc(NS(=O)(=O)N(C)CC(=O)O)cc1C. The molecule has 0 aliphatic carbocycles. The van der Waals surface area contributed by atoms with Crippen LogP contribution in [-0.2, 0) is 15.0 Å². The number of anilines is 1. The van der Waals surface area contributed by atoms with E-state index >= 15 is 0 Å². The Morgan fingerprint density at radius 3 is 2.44 bits per heavy atom. The van der Waals surface area contributed by atoms with E-state index in [1.807, 2.05) is 13.8 Å². The average Bonchev–Trinajstić information content (AvgIpc) is 2.22. The van der Waals surface area contributed by atoms with E-state index in [1.54, 1.807) is 18.2 Å². The summed E-state index contributed by atoms with van der Waals surface area (Å²) in [6, 6.07) is 5.13. The van der Waals surface area contributed by atoms with Gasteiger partial charge in [-0.25, -0.2) is 0 Å². The molecule has 0 saturated heterocycles. The number of hydrogen-bond acceptors (Lipinski definition) is 3. The number of carboxylic acid groups (broad SMARTS) is 1. The van der Waals surface area contributed by atoms with Crippen molar-refractivity contribution in [3.63, 3.8) is 0 Å². The number of carbonyl (C=O) groups is 1. The maximum absolute atomic E-state index is 11.8. The Balaban J connectivity index is 2.88. The van der Waals surface area contributed by atoms with Crippen molar-refractivity contribution < 1.29 is 18.3 Å². The fourth-order valence-electron chi connectivity index (χ4n) is 1.31. The van der Waals surface area contributed by atoms with Crippen molar-refractivity contribution in [2.45, 2.75) is 13.8 Å². The smallest absolute Gasteiger partial charge is 0.318 e. The van der Waals surface area contributed by atoms with Crippen LogP contribution < -0.4 is 4.72 Å². The highest BCUT2D eigenvalue weighted by Gasteiger charge is 2.20. The van der Waals surface area contributed by atoms with Crippen LogP contribution in [-0.4, -0.2) is 37.4 Å². The van der Waals surface area contributed by atoms with E-state index in [0.717, 1.165) is 15.4 Å². The Morgan fingerprint density at radius 1 is 1.33 bits per heavy atom. The summed E-state index contributed by atoms with van der Waals surface area (Å²) in [4.78, 5) is 10.5. The fourth-order valence-corrected chi connectivity index (χ4v) is 2.17. The Hall–Kier alpha value is -1.60. The summed E-state index contributed by atoms with van der Waals surface area (Å²) >= 11 is 0. The summed E-state index contributed by atoms with van der Waals surface area (Å²) in [6.45, 7) is 3.21. The third-order valence-corrected chi connectivity index (χ3v) is 3.97. The molecular formula is C11H16N2O4S. The van der Waals surface area contributed by atoms with E-state index < -0.39 is 22.7 Å². The van der Waals surface area contributed by atoms with Crippen molar-refractivity contribution in [1.82, 2.24) is 4.31 Å². The normalized spacial score (nSPS) is 11.6. The van der Waals surface area contributed by atoms with Crippen LogP contribution in [0.2, 0.25) is 0 Å². The number of aryl methyl sites for hydroxylation is 2. The zero-order valence-electron chi connectivity index (χ0n) is 10.5. The van der Waals surface area contributed by atoms with Crippen molar-refractivity contribution in [3.05, 3.63) is 29.3 Å². The first-order chi connectivity index (χ1) is 8.22. The van der Waals surface area contributed by atoms with Crippen LogP contribution in [0, 0.1) is 13.8 Å². The van der Waals surface area contributed by atoms with Gasteiger partial charge in [0.05, 0.1) is 5.69 Å². The molecule has 0 spiro atoms. The second-order valence-corrected chi connectivity index (χ2v) is 5.83. The molecule has 7 heteroatoms. The van der Waals surface area contributed by atoms with Gasteiger partial charge in [-0.05, 0) is 37.1 Å². The van der Waals surface area contributed by atoms with Crippen LogP contribution in [0.25, 0.3) is 0 Å². The quantitative estimate of drug-likeness (QED) is 0.836. The topological polar surface area (TPSA) is 86.7 Å². The number of hydrogen-bond donors (Lipinski definition) is 2. The first-order valence-electron chi connectivity index (χ1n) is 5.25. The molecule has 0 aliphatic heterocycles. The highest BCUT2D eigenvalue weighted by molar-refractivity contribution is 7.90. The lowest BCUT2D eigenvalue weighted by Crippen LogP contribution is -2.36. The second-order valence-electron chi connectivity index (χ2n) is 4.06. The second kappa shape index (κ2) is 5.36. The van der Waals surface area contributed by atoms with Crippen molar-refractivity contribution in [3.8, 4) is 0 Å². The predicted molar refractivity (Wildman–Crippen MR) is 68.7 cm³/mol. The maximum Gasteiger partial charge on any atom is 0.318 e. The lowest BCUT2D eigenvalue weighted by Gasteiger charge is -2.16. The molecule has 0 radical (unpaired) electrons. The van der Waals surface area contributed by atoms with Gasteiger partial charge in [0, 0.05) is 7.05 Å². The summed E-state index contributed by atoms with van der Waals surface area (Å²) in [5, 5.41) is 8.56. The van der Waals surface area contributed by atoms with Crippen molar-refractivity contribution in [2.75, 3.05) is 18.3 Å². The number of benzene rings is 1. The van der Waals surface area contributed by atoms with Crippen LogP contribution >= 0.6 is 0 Å². The molecule has 0 bridgehead atoms. The molecule has 0 atom stereocenters. The number of rotatable bonds is 5. The molecule has 1 aromatic carbocycles. The van der Waals surface area contributed by atoms with E-state index in [4.69, 9.17) is 5.11 Å². The molecule has 0 unspecified atom stereocenters. The predicted octanol–water partition coefficient (Wildman–Crippen LogP) is 0.977. The summed E-state index contributed by atoms with van der Waals surface area (Å²) < 4.78 is 26.6. The summed E-state index contributed by atoms with van der Waals surface area (Å²) in [6.07, 6.45) is 0. The van der Waals surface area contributed by atoms with Gasteiger partial charge in [-0.3, -0.25) is 9.52 Å². The number of nitrogens with one attached hydrogen (secondary N) is 1. The molecule has 0 heterocycles. The Kier molecular flexibility index (Phi) is 4.31. The third kappa shape index (κ3) is 3.71. The highest BCUT2D eigenvalue weighted by Crippen LogP contribution is 2.16. The Labute approximate surface area is 106 Å². The van der Waals surface area contributed by atoms with Gasteiger partial charge < -0.3 is 5.11 Å². The van der Waals surface area contributed by atoms with Crippen LogP contribution in [0.15, 0.2) is 18.2 Å². The zero-order chi connectivity index (χ0) is 13.9. The van der Waals surface area contributed by atoms with E-state index in [1.165, 1.54) is 7.05 Å². The molecule has 0 amide bonds. The van der Waals surface area contributed by atoms with Gasteiger partial charge in [0.1, 0.15) is 6.54 Å². The fraction of sp³-hybridized carbons (Fsp3) is 0.364. The van der Waals surface area contributed by atoms with Gasteiger partial charge in [0.15, 0.2) is 0 Å². The molecule has 6 nitrogen and oxygen atoms in total. The number of nitrogens with zero attached hydrogens (tertiary/aromatic N) is 1. The standard InChI is InChI=1S/C11H16N2O4S/c1-8-4-5-10(6-9(8)2)12-18(16,17)13(3)7-11(14)15/h4-6,12H,7H2,1-3H3,(H,14,15). The van der Waals surface area contributed by atoms with E-state index in [2.05, 4.69) is 4.72 Å². The number of likely N-dealkylation sites (N-methyl/N-ethyl adjacent to an activating group) is 1. The Morgan fingerprint density at radius 2 is 1.94 bits per heavy atom. The minimum atomic E-state index is -3.84.